The first-order chi connectivity index (χ1) is 9.58. The number of nitrogens with zero attached hydrogens (tertiary/aromatic N) is 2. The summed E-state index contributed by atoms with van der Waals surface area (Å²) in [6, 6.07) is 10.4. The number of aliphatic hydroxyl groups is 1. The maximum absolute atomic E-state index is 10.2. The molecule has 0 saturated carbocycles. The van der Waals surface area contributed by atoms with Gasteiger partial charge in [-0.1, -0.05) is 30.3 Å². The van der Waals surface area contributed by atoms with E-state index in [1.165, 1.54) is 11.1 Å². The van der Waals surface area contributed by atoms with Crippen molar-refractivity contribution in [3.63, 3.8) is 0 Å². The van der Waals surface area contributed by atoms with Crippen molar-refractivity contribution in [2.45, 2.75) is 45.6 Å². The Kier molecular flexibility index (Phi) is 4.96. The van der Waals surface area contributed by atoms with Crippen LogP contribution in [0.25, 0.3) is 0 Å². The van der Waals surface area contributed by atoms with E-state index in [1.807, 2.05) is 24.7 Å². The third-order valence-corrected chi connectivity index (χ3v) is 3.94. The smallest absolute Gasteiger partial charge is 0.0629 e. The lowest BCUT2D eigenvalue weighted by Crippen LogP contribution is -2.12. The number of benzene rings is 1. The van der Waals surface area contributed by atoms with Crippen molar-refractivity contribution >= 4 is 0 Å². The van der Waals surface area contributed by atoms with Gasteiger partial charge in [0, 0.05) is 19.2 Å². The number of hydrogen-bond acceptors (Lipinski definition) is 2. The fraction of sp³-hybridized carbons (Fsp3) is 0.471. The summed E-state index contributed by atoms with van der Waals surface area (Å²) >= 11 is 0. The highest BCUT2D eigenvalue weighted by Gasteiger charge is 2.13. The highest BCUT2D eigenvalue weighted by molar-refractivity contribution is 5.25. The number of hydrogen-bond donors (Lipinski definition) is 1. The molecule has 108 valence electrons. The van der Waals surface area contributed by atoms with E-state index in [9.17, 15) is 5.11 Å². The van der Waals surface area contributed by atoms with Gasteiger partial charge in [0.2, 0.25) is 0 Å². The fourth-order valence-corrected chi connectivity index (χ4v) is 2.64. The quantitative estimate of drug-likeness (QED) is 0.878. The molecule has 2 aromatic rings. The zero-order chi connectivity index (χ0) is 14.5. The molecule has 0 saturated heterocycles. The Morgan fingerprint density at radius 2 is 1.90 bits per heavy atom. The summed E-state index contributed by atoms with van der Waals surface area (Å²) < 4.78 is 1.89. The molecule has 2 rings (SSSR count). The van der Waals surface area contributed by atoms with Gasteiger partial charge < -0.3 is 5.11 Å². The lowest BCUT2D eigenvalue weighted by Gasteiger charge is -2.11. The van der Waals surface area contributed by atoms with E-state index < -0.39 is 0 Å². The molecule has 1 N–H and O–H groups in total. The molecule has 1 atom stereocenters. The zero-order valence-corrected chi connectivity index (χ0v) is 12.6. The van der Waals surface area contributed by atoms with Gasteiger partial charge in [0.1, 0.15) is 0 Å². The van der Waals surface area contributed by atoms with E-state index in [0.29, 0.717) is 6.42 Å². The van der Waals surface area contributed by atoms with Crippen LogP contribution in [0.15, 0.2) is 30.3 Å². The summed E-state index contributed by atoms with van der Waals surface area (Å²) in [7, 11) is 1.95. The van der Waals surface area contributed by atoms with Crippen LogP contribution >= 0.6 is 0 Å². The molecule has 3 heteroatoms. The molecule has 1 unspecified atom stereocenters. The van der Waals surface area contributed by atoms with E-state index in [-0.39, 0.29) is 6.10 Å². The highest BCUT2D eigenvalue weighted by Crippen LogP contribution is 2.16. The molecule has 0 aliphatic carbocycles. The van der Waals surface area contributed by atoms with Crippen LogP contribution < -0.4 is 0 Å². The van der Waals surface area contributed by atoms with Gasteiger partial charge >= 0.3 is 0 Å². The minimum atomic E-state index is -0.277. The van der Waals surface area contributed by atoms with Crippen LogP contribution in [0.2, 0.25) is 0 Å². The van der Waals surface area contributed by atoms with Crippen LogP contribution in [0.4, 0.5) is 0 Å². The maximum atomic E-state index is 10.2. The molecular weight excluding hydrogens is 248 g/mol. The van der Waals surface area contributed by atoms with Gasteiger partial charge in [-0.2, -0.15) is 5.10 Å². The number of rotatable bonds is 6. The van der Waals surface area contributed by atoms with Gasteiger partial charge in [-0.05, 0) is 44.2 Å². The van der Waals surface area contributed by atoms with Crippen LogP contribution in [0.5, 0.6) is 0 Å². The Labute approximate surface area is 121 Å². The van der Waals surface area contributed by atoms with Crippen LogP contribution in [0, 0.1) is 13.8 Å². The Balaban J connectivity index is 1.82. The average molecular weight is 272 g/mol. The van der Waals surface area contributed by atoms with Crippen LogP contribution in [-0.2, 0) is 19.9 Å². The molecule has 20 heavy (non-hydrogen) atoms. The molecule has 0 radical (unpaired) electrons. The minimum Gasteiger partial charge on any atom is -0.393 e. The molecule has 0 spiro atoms. The normalized spacial score (nSPS) is 12.6. The molecular formula is C17H24N2O. The van der Waals surface area contributed by atoms with E-state index in [2.05, 4.69) is 36.3 Å². The van der Waals surface area contributed by atoms with E-state index >= 15 is 0 Å². The molecule has 1 aromatic heterocycles. The number of aryl methyl sites for hydroxylation is 3. The Morgan fingerprint density at radius 3 is 2.50 bits per heavy atom. The molecule has 3 nitrogen and oxygen atoms in total. The first kappa shape index (κ1) is 14.8. The Morgan fingerprint density at radius 1 is 1.20 bits per heavy atom. The van der Waals surface area contributed by atoms with Crippen molar-refractivity contribution in [1.82, 2.24) is 9.78 Å². The summed E-state index contributed by atoms with van der Waals surface area (Å²) in [6.07, 6.45) is 3.32. The van der Waals surface area contributed by atoms with Gasteiger partial charge in [0.15, 0.2) is 0 Å². The Hall–Kier alpha value is -1.61. The Bertz CT molecular complexity index is 546. The lowest BCUT2D eigenvalue weighted by atomic mass is 10.0. The standard InChI is InChI=1S/C17H24N2O/c1-13-17(14(2)19(3)18-13)12-16(20)11-7-10-15-8-5-4-6-9-15/h4-6,8-9,16,20H,7,10-12H2,1-3H3. The summed E-state index contributed by atoms with van der Waals surface area (Å²) in [5, 5.41) is 14.6. The molecule has 0 bridgehead atoms. The second kappa shape index (κ2) is 6.71. The summed E-state index contributed by atoms with van der Waals surface area (Å²) in [4.78, 5) is 0. The second-order valence-corrected chi connectivity index (χ2v) is 5.51. The van der Waals surface area contributed by atoms with E-state index in [4.69, 9.17) is 0 Å². The third kappa shape index (κ3) is 3.70. The van der Waals surface area contributed by atoms with Gasteiger partial charge in [-0.15, -0.1) is 0 Å². The van der Waals surface area contributed by atoms with E-state index in [0.717, 1.165) is 30.7 Å². The van der Waals surface area contributed by atoms with Gasteiger partial charge in [0.05, 0.1) is 11.8 Å². The third-order valence-electron chi connectivity index (χ3n) is 3.94. The number of aromatic nitrogens is 2. The highest BCUT2D eigenvalue weighted by atomic mass is 16.3. The van der Waals surface area contributed by atoms with Crippen molar-refractivity contribution < 1.29 is 5.11 Å². The van der Waals surface area contributed by atoms with Crippen molar-refractivity contribution in [1.29, 1.82) is 0 Å². The van der Waals surface area contributed by atoms with Gasteiger partial charge in [-0.3, -0.25) is 4.68 Å². The molecule has 0 amide bonds. The summed E-state index contributed by atoms with van der Waals surface area (Å²) in [6.45, 7) is 4.07. The monoisotopic (exact) mass is 272 g/mol. The van der Waals surface area contributed by atoms with Crippen molar-refractivity contribution in [2.24, 2.45) is 7.05 Å². The van der Waals surface area contributed by atoms with Crippen LogP contribution in [0.3, 0.4) is 0 Å². The van der Waals surface area contributed by atoms with Crippen molar-refractivity contribution in [2.75, 3.05) is 0 Å². The average Bonchev–Trinajstić information content (AvgIpc) is 2.67. The number of aliphatic hydroxyl groups excluding tert-OH is 1. The molecule has 0 aliphatic heterocycles. The van der Waals surface area contributed by atoms with Crippen molar-refractivity contribution in [3.05, 3.63) is 52.8 Å². The largest absolute Gasteiger partial charge is 0.393 e. The topological polar surface area (TPSA) is 38.0 Å². The first-order valence-electron chi connectivity index (χ1n) is 7.29. The zero-order valence-electron chi connectivity index (χ0n) is 12.6. The van der Waals surface area contributed by atoms with Crippen molar-refractivity contribution in [3.8, 4) is 0 Å². The van der Waals surface area contributed by atoms with E-state index in [1.54, 1.807) is 0 Å². The van der Waals surface area contributed by atoms with Gasteiger partial charge in [0.25, 0.3) is 0 Å². The molecule has 1 heterocycles. The lowest BCUT2D eigenvalue weighted by molar-refractivity contribution is 0.162. The molecule has 0 aliphatic rings. The summed E-state index contributed by atoms with van der Waals surface area (Å²) in [5.74, 6) is 0. The SMILES string of the molecule is Cc1nn(C)c(C)c1CC(O)CCCc1ccccc1. The fourth-order valence-electron chi connectivity index (χ4n) is 2.64. The molecule has 0 fully saturated rings. The second-order valence-electron chi connectivity index (χ2n) is 5.51. The van der Waals surface area contributed by atoms with Gasteiger partial charge in [-0.25, -0.2) is 0 Å². The maximum Gasteiger partial charge on any atom is 0.0629 e. The van der Waals surface area contributed by atoms with Crippen LogP contribution in [-0.4, -0.2) is 21.0 Å². The first-order valence-corrected chi connectivity index (χ1v) is 7.29. The predicted molar refractivity (Wildman–Crippen MR) is 81.8 cm³/mol. The van der Waals surface area contributed by atoms with Crippen LogP contribution in [0.1, 0.15) is 35.4 Å². The predicted octanol–water partition coefficient (Wildman–Crippen LogP) is 2.96. The minimum absolute atomic E-state index is 0.277. The summed E-state index contributed by atoms with van der Waals surface area (Å²) in [5.41, 5.74) is 4.73. The molecule has 1 aromatic carbocycles.